The summed E-state index contributed by atoms with van der Waals surface area (Å²) in [7, 11) is -3.88. The Balaban J connectivity index is 1.45. The van der Waals surface area contributed by atoms with E-state index in [2.05, 4.69) is 25.2 Å². The number of hydrogen-bond donors (Lipinski definition) is 2. The number of aryl methyl sites for hydroxylation is 2. The van der Waals surface area contributed by atoms with E-state index in [0.29, 0.717) is 22.8 Å². The Labute approximate surface area is 182 Å². The number of rotatable bonds is 6. The summed E-state index contributed by atoms with van der Waals surface area (Å²) in [5.74, 6) is 0.0349. The van der Waals surface area contributed by atoms with Crippen LogP contribution in [0.25, 0.3) is 10.6 Å². The standard InChI is InChI=1S/C20H17N5O4S2/c1-12-10-13(2)22-20(21-12)25-31(27,28)15-7-5-14(6-8-15)23-19(26)16-11-17(29-24-16)18-4-3-9-30-18/h3-11H,1-2H3,(H,23,26)(H,21,22,25). The number of benzene rings is 1. The van der Waals surface area contributed by atoms with Gasteiger partial charge in [-0.3, -0.25) is 4.79 Å². The van der Waals surface area contributed by atoms with E-state index in [1.165, 1.54) is 35.6 Å². The van der Waals surface area contributed by atoms with Crippen LogP contribution >= 0.6 is 11.3 Å². The van der Waals surface area contributed by atoms with E-state index in [9.17, 15) is 13.2 Å². The van der Waals surface area contributed by atoms with Gasteiger partial charge in [-0.05, 0) is 55.6 Å². The van der Waals surface area contributed by atoms with E-state index in [-0.39, 0.29) is 16.5 Å². The maximum absolute atomic E-state index is 12.6. The second kappa shape index (κ2) is 8.28. The average Bonchev–Trinajstić information content (AvgIpc) is 3.39. The molecule has 1 aromatic carbocycles. The summed E-state index contributed by atoms with van der Waals surface area (Å²) in [6, 6.07) is 12.7. The van der Waals surface area contributed by atoms with Gasteiger partial charge in [0, 0.05) is 23.1 Å². The first-order valence-electron chi connectivity index (χ1n) is 9.07. The lowest BCUT2D eigenvalue weighted by molar-refractivity contribution is 0.101. The zero-order valence-electron chi connectivity index (χ0n) is 16.5. The summed E-state index contributed by atoms with van der Waals surface area (Å²) < 4.78 is 32.8. The molecule has 0 aliphatic rings. The van der Waals surface area contributed by atoms with Crippen molar-refractivity contribution in [3.8, 4) is 10.6 Å². The molecule has 0 fully saturated rings. The van der Waals surface area contributed by atoms with Crippen LogP contribution in [0.5, 0.6) is 0 Å². The van der Waals surface area contributed by atoms with Crippen molar-refractivity contribution in [3.05, 3.63) is 71.0 Å². The maximum atomic E-state index is 12.6. The number of carbonyl (C=O) groups is 1. The fourth-order valence-corrected chi connectivity index (χ4v) is 4.40. The van der Waals surface area contributed by atoms with E-state index in [0.717, 1.165) is 4.88 Å². The monoisotopic (exact) mass is 455 g/mol. The fourth-order valence-electron chi connectivity index (χ4n) is 2.78. The Morgan fingerprint density at radius 1 is 1.03 bits per heavy atom. The summed E-state index contributed by atoms with van der Waals surface area (Å²) in [6.45, 7) is 3.50. The van der Waals surface area contributed by atoms with Gasteiger partial charge < -0.3 is 9.84 Å². The van der Waals surface area contributed by atoms with Crippen molar-refractivity contribution >= 4 is 38.9 Å². The third kappa shape index (κ3) is 4.78. The van der Waals surface area contributed by atoms with Crippen LogP contribution in [0.1, 0.15) is 21.9 Å². The van der Waals surface area contributed by atoms with Crippen LogP contribution in [-0.2, 0) is 10.0 Å². The number of carbonyl (C=O) groups excluding carboxylic acids is 1. The van der Waals surface area contributed by atoms with Crippen LogP contribution in [0, 0.1) is 13.8 Å². The van der Waals surface area contributed by atoms with Crippen molar-refractivity contribution < 1.29 is 17.7 Å². The van der Waals surface area contributed by atoms with Crippen LogP contribution in [0.3, 0.4) is 0 Å². The van der Waals surface area contributed by atoms with Crippen molar-refractivity contribution in [3.63, 3.8) is 0 Å². The van der Waals surface area contributed by atoms with Gasteiger partial charge in [-0.15, -0.1) is 11.3 Å². The highest BCUT2D eigenvalue weighted by atomic mass is 32.2. The van der Waals surface area contributed by atoms with Gasteiger partial charge in [0.25, 0.3) is 15.9 Å². The molecule has 9 nitrogen and oxygen atoms in total. The highest BCUT2D eigenvalue weighted by Gasteiger charge is 2.18. The molecule has 31 heavy (non-hydrogen) atoms. The summed E-state index contributed by atoms with van der Waals surface area (Å²) in [6.07, 6.45) is 0. The molecule has 4 rings (SSSR count). The van der Waals surface area contributed by atoms with Gasteiger partial charge in [-0.1, -0.05) is 11.2 Å². The molecule has 3 aromatic heterocycles. The molecule has 0 saturated carbocycles. The van der Waals surface area contributed by atoms with Crippen LogP contribution < -0.4 is 10.0 Å². The largest absolute Gasteiger partial charge is 0.355 e. The number of hydrogen-bond acceptors (Lipinski definition) is 8. The topological polar surface area (TPSA) is 127 Å². The molecule has 3 heterocycles. The zero-order valence-corrected chi connectivity index (χ0v) is 18.1. The molecule has 4 aromatic rings. The number of sulfonamides is 1. The Morgan fingerprint density at radius 3 is 2.39 bits per heavy atom. The number of aromatic nitrogens is 3. The molecule has 158 valence electrons. The predicted octanol–water partition coefficient (Wildman–Crippen LogP) is 3.86. The van der Waals surface area contributed by atoms with E-state index < -0.39 is 15.9 Å². The van der Waals surface area contributed by atoms with E-state index in [4.69, 9.17) is 4.52 Å². The molecular weight excluding hydrogens is 438 g/mol. The number of amides is 1. The van der Waals surface area contributed by atoms with Crippen LogP contribution in [0.15, 0.2) is 63.3 Å². The van der Waals surface area contributed by atoms with Gasteiger partial charge in [0.1, 0.15) is 0 Å². The Hall–Kier alpha value is -3.57. The first-order chi connectivity index (χ1) is 14.8. The summed E-state index contributed by atoms with van der Waals surface area (Å²) >= 11 is 1.47. The van der Waals surface area contributed by atoms with E-state index in [1.54, 1.807) is 26.0 Å². The van der Waals surface area contributed by atoms with Crippen molar-refractivity contribution in [1.82, 2.24) is 15.1 Å². The first-order valence-corrected chi connectivity index (χ1v) is 11.4. The van der Waals surface area contributed by atoms with Gasteiger partial charge in [0.2, 0.25) is 5.95 Å². The molecule has 0 spiro atoms. The molecule has 1 amide bonds. The second-order valence-corrected chi connectivity index (χ2v) is 9.24. The number of anilines is 2. The van der Waals surface area contributed by atoms with Gasteiger partial charge in [0.05, 0.1) is 9.77 Å². The summed E-state index contributed by atoms with van der Waals surface area (Å²) in [4.78, 5) is 21.4. The third-order valence-corrected chi connectivity index (χ3v) is 6.37. The zero-order chi connectivity index (χ0) is 22.0. The highest BCUT2D eigenvalue weighted by Crippen LogP contribution is 2.25. The molecule has 0 atom stereocenters. The molecule has 11 heteroatoms. The Kier molecular flexibility index (Phi) is 5.53. The van der Waals surface area contributed by atoms with Gasteiger partial charge in [-0.2, -0.15) is 0 Å². The van der Waals surface area contributed by atoms with Crippen molar-refractivity contribution in [1.29, 1.82) is 0 Å². The second-order valence-electron chi connectivity index (χ2n) is 6.61. The summed E-state index contributed by atoms with van der Waals surface area (Å²) in [5.41, 5.74) is 1.83. The smallest absolute Gasteiger partial charge is 0.277 e. The maximum Gasteiger partial charge on any atom is 0.277 e. The Morgan fingerprint density at radius 2 is 1.74 bits per heavy atom. The van der Waals surface area contributed by atoms with Gasteiger partial charge in [0.15, 0.2) is 11.5 Å². The number of thiophene rings is 1. The minimum Gasteiger partial charge on any atom is -0.355 e. The van der Waals surface area contributed by atoms with E-state index >= 15 is 0 Å². The first kappa shape index (κ1) is 20.7. The fraction of sp³-hybridized carbons (Fsp3) is 0.100. The Bertz CT molecular complexity index is 1310. The third-order valence-electron chi connectivity index (χ3n) is 4.14. The molecule has 0 radical (unpaired) electrons. The van der Waals surface area contributed by atoms with Crippen LogP contribution in [-0.4, -0.2) is 29.4 Å². The average molecular weight is 456 g/mol. The quantitative estimate of drug-likeness (QED) is 0.452. The minimum atomic E-state index is -3.88. The predicted molar refractivity (Wildman–Crippen MR) is 117 cm³/mol. The SMILES string of the molecule is Cc1cc(C)nc(NS(=O)(=O)c2ccc(NC(=O)c3cc(-c4cccs4)on3)cc2)n1. The molecule has 0 unspecified atom stereocenters. The van der Waals surface area contributed by atoms with Gasteiger partial charge >= 0.3 is 0 Å². The molecular formula is C20H17N5O4S2. The minimum absolute atomic E-state index is 0.00227. The molecule has 2 N–H and O–H groups in total. The van der Waals surface area contributed by atoms with E-state index in [1.807, 2.05) is 17.5 Å². The molecule has 0 bridgehead atoms. The van der Waals surface area contributed by atoms with Gasteiger partial charge in [-0.25, -0.2) is 23.1 Å². The van der Waals surface area contributed by atoms with Crippen molar-refractivity contribution in [2.75, 3.05) is 10.0 Å². The highest BCUT2D eigenvalue weighted by molar-refractivity contribution is 7.92. The number of nitrogens with one attached hydrogen (secondary N) is 2. The van der Waals surface area contributed by atoms with Crippen LogP contribution in [0.4, 0.5) is 11.6 Å². The lowest BCUT2D eigenvalue weighted by atomic mass is 10.3. The van der Waals surface area contributed by atoms with Crippen molar-refractivity contribution in [2.45, 2.75) is 18.7 Å². The summed E-state index contributed by atoms with van der Waals surface area (Å²) in [5, 5.41) is 8.35. The van der Waals surface area contributed by atoms with Crippen LogP contribution in [0.2, 0.25) is 0 Å². The molecule has 0 saturated heterocycles. The molecule has 0 aliphatic heterocycles. The number of nitrogens with zero attached hydrogens (tertiary/aromatic N) is 3. The molecule has 0 aliphatic carbocycles. The lowest BCUT2D eigenvalue weighted by Crippen LogP contribution is -2.16. The lowest BCUT2D eigenvalue weighted by Gasteiger charge is -2.09. The normalized spacial score (nSPS) is 11.3. The van der Waals surface area contributed by atoms with Crippen molar-refractivity contribution in [2.24, 2.45) is 0 Å².